The predicted molar refractivity (Wildman–Crippen MR) is 72.0 cm³/mol. The third-order valence-electron chi connectivity index (χ3n) is 2.88. The van der Waals surface area contributed by atoms with E-state index in [0.29, 0.717) is 25.2 Å². The predicted octanol–water partition coefficient (Wildman–Crippen LogP) is 0.881. The first-order chi connectivity index (χ1) is 9.01. The molecule has 0 amide bonds. The normalized spacial score (nSPS) is 13.7. The summed E-state index contributed by atoms with van der Waals surface area (Å²) in [7, 11) is 1.31. The Morgan fingerprint density at radius 2 is 2.11 bits per heavy atom. The maximum absolute atomic E-state index is 11.4. The maximum atomic E-state index is 11.4. The molecule has 0 radical (unpaired) electrons. The Balaban J connectivity index is 2.56. The summed E-state index contributed by atoms with van der Waals surface area (Å²) < 4.78 is 10.2. The van der Waals surface area contributed by atoms with Crippen LogP contribution in [0.1, 0.15) is 18.9 Å². The topological polar surface area (TPSA) is 81.8 Å². The van der Waals surface area contributed by atoms with Crippen LogP contribution in [0.3, 0.4) is 0 Å². The van der Waals surface area contributed by atoms with Crippen molar-refractivity contribution in [2.24, 2.45) is 5.73 Å². The van der Waals surface area contributed by atoms with Crippen LogP contribution >= 0.6 is 0 Å². The first kappa shape index (κ1) is 15.5. The monoisotopic (exact) mass is 267 g/mol. The first-order valence-electron chi connectivity index (χ1n) is 6.20. The number of hydrogen-bond donors (Lipinski definition) is 2. The van der Waals surface area contributed by atoms with Crippen molar-refractivity contribution in [3.05, 3.63) is 29.8 Å². The lowest BCUT2D eigenvalue weighted by Gasteiger charge is -2.21. The minimum Gasteiger partial charge on any atom is -0.493 e. The third kappa shape index (κ3) is 4.54. The second kappa shape index (κ2) is 7.11. The number of ether oxygens (including phenoxy) is 2. The van der Waals surface area contributed by atoms with Crippen LogP contribution in [0.15, 0.2) is 24.3 Å². The fourth-order valence-electron chi connectivity index (χ4n) is 1.68. The fraction of sp³-hybridized carbons (Fsp3) is 0.500. The van der Waals surface area contributed by atoms with Crippen LogP contribution < -0.4 is 10.5 Å². The number of para-hydroxylation sites is 1. The molecule has 1 aromatic carbocycles. The highest BCUT2D eigenvalue weighted by molar-refractivity contribution is 5.79. The molecule has 0 saturated carbocycles. The van der Waals surface area contributed by atoms with E-state index in [1.54, 1.807) is 6.92 Å². The van der Waals surface area contributed by atoms with Gasteiger partial charge in [-0.05, 0) is 25.0 Å². The van der Waals surface area contributed by atoms with E-state index in [4.69, 9.17) is 15.6 Å². The van der Waals surface area contributed by atoms with Crippen LogP contribution in [0, 0.1) is 0 Å². The van der Waals surface area contributed by atoms with Crippen molar-refractivity contribution in [3.63, 3.8) is 0 Å². The molecule has 0 aliphatic rings. The Bertz CT molecular complexity index is 418. The highest BCUT2D eigenvalue weighted by atomic mass is 16.5. The van der Waals surface area contributed by atoms with E-state index in [0.717, 1.165) is 5.56 Å². The fourth-order valence-corrected chi connectivity index (χ4v) is 1.68. The van der Waals surface area contributed by atoms with Crippen molar-refractivity contribution in [1.29, 1.82) is 0 Å². The van der Waals surface area contributed by atoms with Gasteiger partial charge in [-0.1, -0.05) is 18.2 Å². The van der Waals surface area contributed by atoms with E-state index in [2.05, 4.69) is 4.74 Å². The summed E-state index contributed by atoms with van der Waals surface area (Å²) in [6.45, 7) is 1.99. The Kier molecular flexibility index (Phi) is 5.79. The van der Waals surface area contributed by atoms with E-state index >= 15 is 0 Å². The second-order valence-corrected chi connectivity index (χ2v) is 4.59. The van der Waals surface area contributed by atoms with Crippen LogP contribution in [0.2, 0.25) is 0 Å². The Labute approximate surface area is 113 Å². The largest absolute Gasteiger partial charge is 0.493 e. The zero-order chi connectivity index (χ0) is 14.3. The molecule has 0 aliphatic heterocycles. The molecule has 0 bridgehead atoms. The molecule has 0 saturated heterocycles. The highest BCUT2D eigenvalue weighted by Crippen LogP contribution is 2.19. The molecule has 0 aliphatic carbocycles. The summed E-state index contributed by atoms with van der Waals surface area (Å²) in [5.74, 6) is 0.247. The summed E-state index contributed by atoms with van der Waals surface area (Å²) in [4.78, 5) is 11.4. The molecule has 1 rings (SSSR count). The second-order valence-electron chi connectivity index (χ2n) is 4.59. The van der Waals surface area contributed by atoms with Gasteiger partial charge in [0.25, 0.3) is 0 Å². The van der Waals surface area contributed by atoms with Gasteiger partial charge in [0.1, 0.15) is 11.3 Å². The quantitative estimate of drug-likeness (QED) is 0.717. The lowest BCUT2D eigenvalue weighted by molar-refractivity contribution is -0.146. The van der Waals surface area contributed by atoms with Gasteiger partial charge in [0.05, 0.1) is 13.7 Å². The highest BCUT2D eigenvalue weighted by Gasteiger charge is 2.29. The SMILES string of the molecule is COC(=O)C(C)(N)CCOc1ccccc1CCO. The van der Waals surface area contributed by atoms with E-state index in [1.807, 2.05) is 24.3 Å². The molecule has 0 fully saturated rings. The standard InChI is InChI=1S/C14H21NO4/c1-14(15,13(17)18-2)8-10-19-12-6-4-3-5-11(12)7-9-16/h3-6,16H,7-10,15H2,1-2H3. The summed E-state index contributed by atoms with van der Waals surface area (Å²) >= 11 is 0. The minimum atomic E-state index is -1.05. The molecule has 0 heterocycles. The maximum Gasteiger partial charge on any atom is 0.325 e. The number of aliphatic hydroxyl groups is 1. The van der Waals surface area contributed by atoms with E-state index < -0.39 is 11.5 Å². The van der Waals surface area contributed by atoms with Crippen LogP contribution in [0.25, 0.3) is 0 Å². The number of methoxy groups -OCH3 is 1. The molecule has 0 spiro atoms. The molecular weight excluding hydrogens is 246 g/mol. The zero-order valence-electron chi connectivity index (χ0n) is 11.4. The van der Waals surface area contributed by atoms with Crippen LogP contribution in [0.5, 0.6) is 5.75 Å². The summed E-state index contributed by atoms with van der Waals surface area (Å²) in [6.07, 6.45) is 0.889. The number of aliphatic hydroxyl groups excluding tert-OH is 1. The average Bonchev–Trinajstić information content (AvgIpc) is 2.40. The lowest BCUT2D eigenvalue weighted by Crippen LogP contribution is -2.46. The third-order valence-corrected chi connectivity index (χ3v) is 2.88. The summed E-state index contributed by atoms with van der Waals surface area (Å²) in [5, 5.41) is 8.97. The smallest absolute Gasteiger partial charge is 0.325 e. The molecule has 1 atom stereocenters. The molecule has 106 valence electrons. The Hall–Kier alpha value is -1.59. The van der Waals surface area contributed by atoms with E-state index in [1.165, 1.54) is 7.11 Å². The molecule has 0 aromatic heterocycles. The number of hydrogen-bond acceptors (Lipinski definition) is 5. The average molecular weight is 267 g/mol. The van der Waals surface area contributed by atoms with Crippen molar-refractivity contribution in [1.82, 2.24) is 0 Å². The van der Waals surface area contributed by atoms with Crippen molar-refractivity contribution in [2.75, 3.05) is 20.3 Å². The molecule has 3 N–H and O–H groups in total. The van der Waals surface area contributed by atoms with Gasteiger partial charge in [-0.2, -0.15) is 0 Å². The van der Waals surface area contributed by atoms with Gasteiger partial charge >= 0.3 is 5.97 Å². The van der Waals surface area contributed by atoms with Gasteiger partial charge in [0.2, 0.25) is 0 Å². The number of carbonyl (C=O) groups excluding carboxylic acids is 1. The summed E-state index contributed by atoms with van der Waals surface area (Å²) in [6, 6.07) is 7.47. The molecular formula is C14H21NO4. The molecule has 5 nitrogen and oxygen atoms in total. The number of benzene rings is 1. The number of esters is 1. The van der Waals surface area contributed by atoms with Crippen molar-refractivity contribution >= 4 is 5.97 Å². The van der Waals surface area contributed by atoms with Crippen LogP contribution in [-0.4, -0.2) is 36.9 Å². The Morgan fingerprint density at radius 3 is 2.74 bits per heavy atom. The summed E-state index contributed by atoms with van der Waals surface area (Å²) in [5.41, 5.74) is 5.71. The first-order valence-corrected chi connectivity index (χ1v) is 6.20. The van der Waals surface area contributed by atoms with Crippen molar-refractivity contribution < 1.29 is 19.4 Å². The van der Waals surface area contributed by atoms with Crippen LogP contribution in [0.4, 0.5) is 0 Å². The van der Waals surface area contributed by atoms with Gasteiger partial charge in [0, 0.05) is 13.0 Å². The Morgan fingerprint density at radius 1 is 1.42 bits per heavy atom. The molecule has 19 heavy (non-hydrogen) atoms. The van der Waals surface area contributed by atoms with Gasteiger partial charge < -0.3 is 20.3 Å². The van der Waals surface area contributed by atoms with Gasteiger partial charge in [0.15, 0.2) is 0 Å². The zero-order valence-corrected chi connectivity index (χ0v) is 11.4. The number of carbonyl (C=O) groups is 1. The minimum absolute atomic E-state index is 0.0666. The lowest BCUT2D eigenvalue weighted by atomic mass is 10.0. The van der Waals surface area contributed by atoms with Gasteiger partial charge in [-0.3, -0.25) is 4.79 Å². The van der Waals surface area contributed by atoms with E-state index in [-0.39, 0.29) is 6.61 Å². The number of rotatable bonds is 7. The van der Waals surface area contributed by atoms with Gasteiger partial charge in [-0.15, -0.1) is 0 Å². The number of nitrogens with two attached hydrogens (primary N) is 1. The molecule has 5 heteroatoms. The van der Waals surface area contributed by atoms with Crippen molar-refractivity contribution in [2.45, 2.75) is 25.3 Å². The molecule has 1 aromatic rings. The van der Waals surface area contributed by atoms with Gasteiger partial charge in [-0.25, -0.2) is 0 Å². The molecule has 1 unspecified atom stereocenters. The van der Waals surface area contributed by atoms with Crippen molar-refractivity contribution in [3.8, 4) is 5.75 Å². The van der Waals surface area contributed by atoms with E-state index in [9.17, 15) is 4.79 Å². The van der Waals surface area contributed by atoms with Crippen LogP contribution in [-0.2, 0) is 16.0 Å².